The maximum atomic E-state index is 10.9. The minimum absolute atomic E-state index is 0.171. The normalized spacial score (nSPS) is 10.6. The molecule has 3 aromatic heterocycles. The molecule has 4 rings (SSSR count). The van der Waals surface area contributed by atoms with Crippen molar-refractivity contribution in [2.45, 2.75) is 0 Å². The van der Waals surface area contributed by atoms with Crippen LogP contribution in [0.3, 0.4) is 0 Å². The fraction of sp³-hybridized carbons (Fsp3) is 0.0455. The third-order valence-electron chi connectivity index (χ3n) is 4.51. The third-order valence-corrected chi connectivity index (χ3v) is 4.51. The Morgan fingerprint density at radius 3 is 2.62 bits per heavy atom. The lowest BCUT2D eigenvalue weighted by molar-refractivity contribution is -0.119. The summed E-state index contributed by atoms with van der Waals surface area (Å²) in [6.07, 6.45) is 3.92. The van der Waals surface area contributed by atoms with Crippen LogP contribution >= 0.6 is 0 Å². The number of ether oxygens (including phenoxy) is 1. The second-order valence-corrected chi connectivity index (χ2v) is 6.47. The zero-order valence-electron chi connectivity index (χ0n) is 15.4. The van der Waals surface area contributed by atoms with E-state index in [-0.39, 0.29) is 12.4 Å². The van der Waals surface area contributed by atoms with Gasteiger partial charge >= 0.3 is 0 Å². The minimum Gasteiger partial charge on any atom is -0.484 e. The van der Waals surface area contributed by atoms with E-state index < -0.39 is 5.91 Å². The second-order valence-electron chi connectivity index (χ2n) is 6.47. The van der Waals surface area contributed by atoms with Crippen LogP contribution in [0.1, 0.15) is 5.56 Å². The Labute approximate surface area is 166 Å². The number of hydrogen-bond donors (Lipinski definition) is 2. The summed E-state index contributed by atoms with van der Waals surface area (Å²) in [6, 6.07) is 18.9. The predicted octanol–water partition coefficient (Wildman–Crippen LogP) is 2.99. The Hall–Kier alpha value is -4.31. The topological polar surface area (TPSA) is 119 Å². The van der Waals surface area contributed by atoms with Crippen LogP contribution in [0.2, 0.25) is 0 Å². The van der Waals surface area contributed by atoms with Crippen LogP contribution in [0.5, 0.6) is 5.75 Å². The number of anilines is 1. The van der Waals surface area contributed by atoms with E-state index in [1.165, 1.54) is 0 Å². The summed E-state index contributed by atoms with van der Waals surface area (Å²) in [5, 5.41) is 9.59. The van der Waals surface area contributed by atoms with Crippen molar-refractivity contribution in [3.05, 3.63) is 72.6 Å². The van der Waals surface area contributed by atoms with Gasteiger partial charge in [0, 0.05) is 29.0 Å². The number of pyridine rings is 2. The number of nitrogen functional groups attached to an aromatic ring is 1. The summed E-state index contributed by atoms with van der Waals surface area (Å²) in [7, 11) is 0. The Bertz CT molecular complexity index is 1220. The average Bonchev–Trinajstić information content (AvgIpc) is 3.16. The van der Waals surface area contributed by atoms with Gasteiger partial charge in [0.15, 0.2) is 6.61 Å². The molecule has 0 unspecified atom stereocenters. The molecule has 0 fully saturated rings. The number of nitrogens with zero attached hydrogens (tertiary/aromatic N) is 3. The molecule has 0 spiro atoms. The van der Waals surface area contributed by atoms with E-state index in [1.807, 2.05) is 47.1 Å². The molecule has 0 bridgehead atoms. The highest BCUT2D eigenvalue weighted by Crippen LogP contribution is 2.32. The number of amides is 1. The molecule has 0 aliphatic heterocycles. The Morgan fingerprint density at radius 1 is 1.14 bits per heavy atom. The summed E-state index contributed by atoms with van der Waals surface area (Å²) < 4.78 is 7.28. The molecule has 142 valence electrons. The van der Waals surface area contributed by atoms with Crippen LogP contribution in [-0.2, 0) is 4.79 Å². The summed E-state index contributed by atoms with van der Waals surface area (Å²) in [4.78, 5) is 15.3. The third kappa shape index (κ3) is 3.59. The number of rotatable bonds is 5. The lowest BCUT2D eigenvalue weighted by Gasteiger charge is -2.10. The molecule has 0 aliphatic rings. The molecular formula is C22H17N5O2. The Morgan fingerprint density at radius 2 is 1.93 bits per heavy atom. The van der Waals surface area contributed by atoms with Crippen molar-refractivity contribution in [1.82, 2.24) is 9.38 Å². The van der Waals surface area contributed by atoms with E-state index in [2.05, 4.69) is 11.1 Å². The summed E-state index contributed by atoms with van der Waals surface area (Å²) in [6.45, 7) is -0.197. The Kier molecular flexibility index (Phi) is 4.59. The van der Waals surface area contributed by atoms with Crippen molar-refractivity contribution >= 4 is 17.2 Å². The van der Waals surface area contributed by atoms with Crippen molar-refractivity contribution in [2.24, 2.45) is 5.73 Å². The molecule has 4 aromatic rings. The molecule has 7 heteroatoms. The zero-order valence-corrected chi connectivity index (χ0v) is 15.4. The van der Waals surface area contributed by atoms with Crippen LogP contribution in [0.15, 0.2) is 67.0 Å². The summed E-state index contributed by atoms with van der Waals surface area (Å²) in [5.41, 5.74) is 15.6. The molecule has 0 aliphatic carbocycles. The van der Waals surface area contributed by atoms with Crippen molar-refractivity contribution in [2.75, 3.05) is 12.3 Å². The number of aromatic nitrogens is 2. The maximum Gasteiger partial charge on any atom is 0.255 e. The van der Waals surface area contributed by atoms with E-state index in [0.717, 1.165) is 16.6 Å². The molecule has 0 saturated heterocycles. The number of primary amides is 1. The van der Waals surface area contributed by atoms with Gasteiger partial charge in [-0.2, -0.15) is 5.26 Å². The molecule has 0 radical (unpaired) electrons. The lowest BCUT2D eigenvalue weighted by atomic mass is 9.99. The van der Waals surface area contributed by atoms with Crippen LogP contribution < -0.4 is 16.2 Å². The molecule has 3 heterocycles. The highest BCUT2D eigenvalue weighted by Gasteiger charge is 2.14. The largest absolute Gasteiger partial charge is 0.484 e. The van der Waals surface area contributed by atoms with Gasteiger partial charge in [-0.3, -0.25) is 4.79 Å². The molecule has 0 saturated carbocycles. The first-order chi connectivity index (χ1) is 14.0. The van der Waals surface area contributed by atoms with E-state index in [9.17, 15) is 10.1 Å². The monoisotopic (exact) mass is 383 g/mol. The van der Waals surface area contributed by atoms with Gasteiger partial charge in [-0.25, -0.2) is 4.98 Å². The van der Waals surface area contributed by atoms with E-state index >= 15 is 0 Å². The van der Waals surface area contributed by atoms with Crippen LogP contribution in [0.4, 0.5) is 5.82 Å². The summed E-state index contributed by atoms with van der Waals surface area (Å²) >= 11 is 0. The van der Waals surface area contributed by atoms with Crippen molar-refractivity contribution in [3.63, 3.8) is 0 Å². The van der Waals surface area contributed by atoms with Crippen molar-refractivity contribution in [3.8, 4) is 34.2 Å². The standard InChI is InChI=1S/C22H17N5O2/c23-11-19-18(14-4-6-17(7-5-14)29-13-21(24)28)10-20(26-22(19)25)15-9-16-3-1-2-8-27(16)12-15/h1-10,12H,13H2,(H2,24,28)(H2,25,26). The number of carbonyl (C=O) groups excluding carboxylic acids is 1. The van der Waals surface area contributed by atoms with Crippen LogP contribution in [0, 0.1) is 11.3 Å². The van der Waals surface area contributed by atoms with Gasteiger partial charge < -0.3 is 20.6 Å². The van der Waals surface area contributed by atoms with Gasteiger partial charge in [0.05, 0.1) is 5.69 Å². The quantitative estimate of drug-likeness (QED) is 0.549. The number of hydrogen-bond acceptors (Lipinski definition) is 5. The predicted molar refractivity (Wildman–Crippen MR) is 110 cm³/mol. The van der Waals surface area contributed by atoms with Crippen molar-refractivity contribution in [1.29, 1.82) is 5.26 Å². The van der Waals surface area contributed by atoms with Crippen LogP contribution in [-0.4, -0.2) is 21.9 Å². The molecule has 1 amide bonds. The van der Waals surface area contributed by atoms with Gasteiger partial charge in [-0.1, -0.05) is 18.2 Å². The maximum absolute atomic E-state index is 10.9. The van der Waals surface area contributed by atoms with Gasteiger partial charge in [0.25, 0.3) is 5.91 Å². The fourth-order valence-corrected chi connectivity index (χ4v) is 3.14. The van der Waals surface area contributed by atoms with Gasteiger partial charge in [-0.05, 0) is 42.0 Å². The molecular weight excluding hydrogens is 366 g/mol. The number of nitriles is 1. The first-order valence-corrected chi connectivity index (χ1v) is 8.84. The number of fused-ring (bicyclic) bond motifs is 1. The lowest BCUT2D eigenvalue weighted by Crippen LogP contribution is -2.19. The zero-order chi connectivity index (χ0) is 20.4. The molecule has 0 atom stereocenters. The smallest absolute Gasteiger partial charge is 0.255 e. The first kappa shape index (κ1) is 18.1. The van der Waals surface area contributed by atoms with E-state index in [4.69, 9.17) is 16.2 Å². The Balaban J connectivity index is 1.76. The SMILES string of the molecule is N#Cc1c(-c2ccc(OCC(N)=O)cc2)cc(-c2cc3ccccn3c2)nc1N. The van der Waals surface area contributed by atoms with Gasteiger partial charge in [0.1, 0.15) is 23.2 Å². The number of benzene rings is 1. The molecule has 7 nitrogen and oxygen atoms in total. The fourth-order valence-electron chi connectivity index (χ4n) is 3.14. The molecule has 29 heavy (non-hydrogen) atoms. The molecule has 4 N–H and O–H groups in total. The number of carbonyl (C=O) groups is 1. The molecule has 1 aromatic carbocycles. The van der Waals surface area contributed by atoms with Crippen LogP contribution in [0.25, 0.3) is 27.9 Å². The van der Waals surface area contributed by atoms with Crippen molar-refractivity contribution < 1.29 is 9.53 Å². The first-order valence-electron chi connectivity index (χ1n) is 8.84. The minimum atomic E-state index is -0.549. The highest BCUT2D eigenvalue weighted by molar-refractivity contribution is 5.81. The second kappa shape index (κ2) is 7.37. The average molecular weight is 383 g/mol. The van der Waals surface area contributed by atoms with E-state index in [0.29, 0.717) is 22.6 Å². The number of nitrogens with two attached hydrogens (primary N) is 2. The highest BCUT2D eigenvalue weighted by atomic mass is 16.5. The summed E-state index contributed by atoms with van der Waals surface area (Å²) in [5.74, 6) is 0.128. The van der Waals surface area contributed by atoms with E-state index in [1.54, 1.807) is 24.3 Å². The van der Waals surface area contributed by atoms with Gasteiger partial charge in [0.2, 0.25) is 0 Å². The van der Waals surface area contributed by atoms with Gasteiger partial charge in [-0.15, -0.1) is 0 Å².